The molecule has 0 aromatic heterocycles. The van der Waals surface area contributed by atoms with Crippen molar-refractivity contribution in [3.8, 4) is 11.5 Å². The summed E-state index contributed by atoms with van der Waals surface area (Å²) >= 11 is 0. The van der Waals surface area contributed by atoms with Crippen molar-refractivity contribution in [3.05, 3.63) is 59.2 Å². The van der Waals surface area contributed by atoms with Crippen LogP contribution in [0.15, 0.2) is 42.5 Å². The largest absolute Gasteiger partial charge is 0.491 e. The van der Waals surface area contributed by atoms with Gasteiger partial charge in [0.15, 0.2) is 0 Å². The molecular formula is C28H37N3O5. The van der Waals surface area contributed by atoms with Crippen LogP contribution in [0.1, 0.15) is 34.3 Å². The molecule has 0 saturated carbocycles. The van der Waals surface area contributed by atoms with Crippen molar-refractivity contribution < 1.29 is 24.5 Å². The first-order valence-corrected chi connectivity index (χ1v) is 13.1. The molecule has 36 heavy (non-hydrogen) atoms. The predicted octanol–water partition coefficient (Wildman–Crippen LogP) is 1.78. The third-order valence-electron chi connectivity index (χ3n) is 7.38. The summed E-state index contributed by atoms with van der Waals surface area (Å²) in [5.41, 5.74) is 3.20. The van der Waals surface area contributed by atoms with Crippen molar-refractivity contribution >= 4 is 5.91 Å². The highest BCUT2D eigenvalue weighted by atomic mass is 16.5. The lowest BCUT2D eigenvalue weighted by Crippen LogP contribution is -2.44. The van der Waals surface area contributed by atoms with Crippen molar-refractivity contribution in [2.45, 2.75) is 38.0 Å². The molecule has 0 radical (unpaired) electrons. The van der Waals surface area contributed by atoms with Gasteiger partial charge >= 0.3 is 0 Å². The average Bonchev–Trinajstić information content (AvgIpc) is 3.02. The van der Waals surface area contributed by atoms with E-state index in [1.165, 1.54) is 11.1 Å². The fourth-order valence-corrected chi connectivity index (χ4v) is 5.55. The molecule has 3 aliphatic rings. The highest BCUT2D eigenvalue weighted by Gasteiger charge is 2.28. The van der Waals surface area contributed by atoms with Gasteiger partial charge in [-0.2, -0.15) is 0 Å². The van der Waals surface area contributed by atoms with Crippen molar-refractivity contribution in [3.63, 3.8) is 0 Å². The Labute approximate surface area is 213 Å². The molecule has 1 unspecified atom stereocenters. The number of piperidine rings is 1. The first-order valence-electron chi connectivity index (χ1n) is 13.1. The molecule has 2 aromatic rings. The zero-order valence-electron chi connectivity index (χ0n) is 20.8. The van der Waals surface area contributed by atoms with E-state index in [2.05, 4.69) is 34.1 Å². The molecule has 194 valence electrons. The maximum absolute atomic E-state index is 13.3. The molecule has 3 aliphatic heterocycles. The average molecular weight is 496 g/mol. The van der Waals surface area contributed by atoms with Crippen molar-refractivity contribution in [2.75, 3.05) is 59.0 Å². The van der Waals surface area contributed by atoms with E-state index < -0.39 is 6.10 Å². The minimum absolute atomic E-state index is 0.0539. The number of nitrogens with zero attached hydrogens (tertiary/aromatic N) is 3. The number of aliphatic hydroxyl groups is 2. The highest BCUT2D eigenvalue weighted by Crippen LogP contribution is 2.30. The zero-order chi connectivity index (χ0) is 24.9. The van der Waals surface area contributed by atoms with Crippen molar-refractivity contribution in [1.82, 2.24) is 14.7 Å². The summed E-state index contributed by atoms with van der Waals surface area (Å²) in [4.78, 5) is 19.5. The fraction of sp³-hybridized carbons (Fsp3) is 0.536. The van der Waals surface area contributed by atoms with Crippen molar-refractivity contribution in [1.29, 1.82) is 0 Å². The highest BCUT2D eigenvalue weighted by molar-refractivity contribution is 5.97. The van der Waals surface area contributed by atoms with Gasteiger partial charge in [0.2, 0.25) is 0 Å². The van der Waals surface area contributed by atoms with Crippen LogP contribution in [-0.4, -0.2) is 102 Å². The lowest BCUT2D eigenvalue weighted by Gasteiger charge is -2.32. The second-order valence-corrected chi connectivity index (χ2v) is 10.1. The lowest BCUT2D eigenvalue weighted by molar-refractivity contribution is 0.0501. The molecule has 3 heterocycles. The van der Waals surface area contributed by atoms with Gasteiger partial charge in [-0.15, -0.1) is 0 Å². The fourth-order valence-electron chi connectivity index (χ4n) is 5.55. The van der Waals surface area contributed by atoms with Crippen LogP contribution in [-0.2, 0) is 13.0 Å². The maximum Gasteiger partial charge on any atom is 0.257 e. The van der Waals surface area contributed by atoms with E-state index in [1.807, 2.05) is 12.1 Å². The van der Waals surface area contributed by atoms with Gasteiger partial charge in [-0.3, -0.25) is 14.6 Å². The minimum Gasteiger partial charge on any atom is -0.491 e. The van der Waals surface area contributed by atoms with Crippen LogP contribution in [0, 0.1) is 0 Å². The van der Waals surface area contributed by atoms with Crippen LogP contribution >= 0.6 is 0 Å². The molecule has 0 aliphatic carbocycles. The van der Waals surface area contributed by atoms with Crippen LogP contribution in [0.4, 0.5) is 0 Å². The van der Waals surface area contributed by atoms with Crippen molar-refractivity contribution in [2.24, 2.45) is 0 Å². The third-order valence-corrected chi connectivity index (χ3v) is 7.38. The number of ether oxygens (including phenoxy) is 2. The Morgan fingerprint density at radius 2 is 1.92 bits per heavy atom. The lowest BCUT2D eigenvalue weighted by atomic mass is 10.00. The number of β-amino-alcohol motifs (C(OH)–C–C–N with tert-alkyl or cyclic N) is 2. The smallest absolute Gasteiger partial charge is 0.257 e. The van der Waals surface area contributed by atoms with Gasteiger partial charge in [-0.1, -0.05) is 24.3 Å². The van der Waals surface area contributed by atoms with E-state index in [0.29, 0.717) is 43.3 Å². The molecule has 2 aromatic carbocycles. The Morgan fingerprint density at radius 3 is 2.78 bits per heavy atom. The summed E-state index contributed by atoms with van der Waals surface area (Å²) in [5, 5.41) is 20.0. The second-order valence-electron chi connectivity index (χ2n) is 10.1. The number of rotatable bonds is 8. The number of fused-ring (bicyclic) bond motifs is 2. The molecule has 1 saturated heterocycles. The molecule has 1 fully saturated rings. The Kier molecular flexibility index (Phi) is 8.06. The van der Waals surface area contributed by atoms with Gasteiger partial charge in [0, 0.05) is 45.3 Å². The Balaban J connectivity index is 1.18. The van der Waals surface area contributed by atoms with E-state index >= 15 is 0 Å². The maximum atomic E-state index is 13.3. The van der Waals surface area contributed by atoms with E-state index in [0.717, 1.165) is 45.4 Å². The molecule has 2 atom stereocenters. The topological polar surface area (TPSA) is 85.7 Å². The molecule has 1 amide bonds. The summed E-state index contributed by atoms with van der Waals surface area (Å²) in [6.07, 6.45) is 2.41. The summed E-state index contributed by atoms with van der Waals surface area (Å²) in [7, 11) is 0. The van der Waals surface area contributed by atoms with Crippen LogP contribution in [0.5, 0.6) is 11.5 Å². The van der Waals surface area contributed by atoms with Gasteiger partial charge in [-0.05, 0) is 49.1 Å². The summed E-state index contributed by atoms with van der Waals surface area (Å²) in [5.74, 6) is 1.10. The standard InChI is InChI=1S/C28H37N3O5/c32-14-12-29-10-3-6-25(20-29)36-24-7-8-26-27(16-24)35-15-13-31(28(26)34)19-23(33)18-30-11-9-21-4-1-2-5-22(21)17-30/h1-2,4-5,7-8,16,23,25,32-33H,3,6,9-15,17-20H2/t23?,25-/m1/s1. The molecule has 0 bridgehead atoms. The number of hydrogen-bond donors (Lipinski definition) is 2. The van der Waals surface area contributed by atoms with Crippen LogP contribution in [0.25, 0.3) is 0 Å². The number of carbonyl (C=O) groups is 1. The molecule has 8 nitrogen and oxygen atoms in total. The number of likely N-dealkylation sites (tertiary alicyclic amines) is 1. The summed E-state index contributed by atoms with van der Waals surface area (Å²) in [6.45, 7) is 5.94. The Bertz CT molecular complexity index is 1050. The second kappa shape index (κ2) is 11.6. The van der Waals surface area contributed by atoms with Gasteiger partial charge in [-0.25, -0.2) is 0 Å². The Morgan fingerprint density at radius 1 is 1.06 bits per heavy atom. The number of carbonyl (C=O) groups excluding carboxylic acids is 1. The van der Waals surface area contributed by atoms with Gasteiger partial charge in [0.1, 0.15) is 24.2 Å². The van der Waals surface area contributed by atoms with E-state index in [-0.39, 0.29) is 25.2 Å². The molecule has 0 spiro atoms. The zero-order valence-corrected chi connectivity index (χ0v) is 20.8. The first-order chi connectivity index (χ1) is 17.6. The predicted molar refractivity (Wildman–Crippen MR) is 136 cm³/mol. The van der Waals surface area contributed by atoms with Crippen LogP contribution in [0.3, 0.4) is 0 Å². The molecule has 5 rings (SSSR count). The van der Waals surface area contributed by atoms with E-state index in [1.54, 1.807) is 11.0 Å². The van der Waals surface area contributed by atoms with Crippen LogP contribution in [0.2, 0.25) is 0 Å². The monoisotopic (exact) mass is 495 g/mol. The van der Waals surface area contributed by atoms with E-state index in [9.17, 15) is 15.0 Å². The first kappa shape index (κ1) is 25.0. The molecule has 8 heteroatoms. The number of benzene rings is 2. The van der Waals surface area contributed by atoms with Gasteiger partial charge < -0.3 is 24.6 Å². The quantitative estimate of drug-likeness (QED) is 0.577. The Hall–Kier alpha value is -2.65. The number of aliphatic hydroxyl groups excluding tert-OH is 2. The third kappa shape index (κ3) is 6.00. The van der Waals surface area contributed by atoms with E-state index in [4.69, 9.17) is 9.47 Å². The summed E-state index contributed by atoms with van der Waals surface area (Å²) in [6, 6.07) is 13.9. The summed E-state index contributed by atoms with van der Waals surface area (Å²) < 4.78 is 12.1. The molecule has 2 N–H and O–H groups in total. The number of hydrogen-bond acceptors (Lipinski definition) is 7. The molecular weight excluding hydrogens is 458 g/mol. The number of amides is 1. The normalized spacial score (nSPS) is 21.8. The SMILES string of the molecule is O=C1c2ccc(O[C@@H]3CCCN(CCO)C3)cc2OCCN1CC(O)CN1CCc2ccccc2C1. The minimum atomic E-state index is -0.628. The van der Waals surface area contributed by atoms with Gasteiger partial charge in [0.05, 0.1) is 24.8 Å². The van der Waals surface area contributed by atoms with Crippen LogP contribution < -0.4 is 9.47 Å². The van der Waals surface area contributed by atoms with Gasteiger partial charge in [0.25, 0.3) is 5.91 Å².